The summed E-state index contributed by atoms with van der Waals surface area (Å²) in [6.45, 7) is 2.09. The second-order valence-electron chi connectivity index (χ2n) is 10.1. The van der Waals surface area contributed by atoms with Gasteiger partial charge in [-0.3, -0.25) is 0 Å². The molecule has 0 aliphatic carbocycles. The maximum Gasteiger partial charge on any atom is 0.227 e. The Morgan fingerprint density at radius 3 is 2.34 bits per heavy atom. The molecule has 2 aromatic carbocycles. The van der Waals surface area contributed by atoms with Crippen LogP contribution in [-0.4, -0.2) is 4.98 Å². The molecule has 35 heavy (non-hydrogen) atoms. The second kappa shape index (κ2) is 8.64. The molecule has 3 heteroatoms. The summed E-state index contributed by atoms with van der Waals surface area (Å²) >= 11 is 0. The minimum atomic E-state index is -2.79. The highest BCUT2D eigenvalue weighted by Gasteiger charge is 2.23. The van der Waals surface area contributed by atoms with Gasteiger partial charge in [-0.25, -0.2) is 9.55 Å². The fraction of sp³-hybridized carbons (Fsp3) is 0.312. The van der Waals surface area contributed by atoms with Gasteiger partial charge < -0.3 is 4.42 Å². The van der Waals surface area contributed by atoms with Crippen molar-refractivity contribution in [3.63, 3.8) is 0 Å². The first-order valence-corrected chi connectivity index (χ1v) is 12.0. The first kappa shape index (κ1) is 17.0. The van der Waals surface area contributed by atoms with Crippen molar-refractivity contribution in [1.82, 2.24) is 4.98 Å². The van der Waals surface area contributed by atoms with Crippen molar-refractivity contribution in [2.45, 2.75) is 53.2 Å². The maximum absolute atomic E-state index is 8.01. The zero-order valence-electron chi connectivity index (χ0n) is 26.9. The number of fused-ring (bicyclic) bond motifs is 3. The zero-order valence-corrected chi connectivity index (χ0v) is 20.9. The fourth-order valence-electron chi connectivity index (χ4n) is 4.76. The Morgan fingerprint density at radius 1 is 0.943 bits per heavy atom. The van der Waals surface area contributed by atoms with E-state index in [0.717, 1.165) is 39.8 Å². The molecule has 0 aliphatic heterocycles. The van der Waals surface area contributed by atoms with Crippen LogP contribution in [0.15, 0.2) is 71.3 Å². The average Bonchev–Trinajstić information content (AvgIpc) is 3.25. The quantitative estimate of drug-likeness (QED) is 0.250. The van der Waals surface area contributed by atoms with Gasteiger partial charge in [-0.05, 0) is 54.2 Å². The second-order valence-corrected chi connectivity index (χ2v) is 10.1. The summed E-state index contributed by atoms with van der Waals surface area (Å²) in [5.74, 6) is 0.608. The van der Waals surface area contributed by atoms with Gasteiger partial charge in [-0.15, -0.1) is 0 Å². The molecule has 0 amide bonds. The molecule has 5 rings (SSSR count). The number of nitrogens with zero attached hydrogens (tertiary/aromatic N) is 2. The number of hydrogen-bond donors (Lipinski definition) is 0. The normalized spacial score (nSPS) is 15.5. The van der Waals surface area contributed by atoms with Crippen LogP contribution >= 0.6 is 0 Å². The van der Waals surface area contributed by atoms with Crippen LogP contribution in [0.5, 0.6) is 0 Å². The Labute approximate surface area is 216 Å². The van der Waals surface area contributed by atoms with Gasteiger partial charge in [0.25, 0.3) is 0 Å². The molecule has 0 unspecified atom stereocenters. The number of benzene rings is 2. The van der Waals surface area contributed by atoms with Crippen LogP contribution in [0.3, 0.4) is 0 Å². The molecule has 0 saturated heterocycles. The zero-order chi connectivity index (χ0) is 29.9. The highest BCUT2D eigenvalue weighted by Crippen LogP contribution is 2.37. The van der Waals surface area contributed by atoms with E-state index in [0.29, 0.717) is 16.9 Å². The molecule has 3 heterocycles. The van der Waals surface area contributed by atoms with Gasteiger partial charge in [0.05, 0.1) is 5.56 Å². The summed E-state index contributed by atoms with van der Waals surface area (Å²) in [6.07, 6.45) is 3.15. The van der Waals surface area contributed by atoms with Crippen LogP contribution in [0, 0.1) is 12.8 Å². The van der Waals surface area contributed by atoms with Crippen molar-refractivity contribution in [2.75, 3.05) is 0 Å². The first-order chi connectivity index (χ1) is 19.1. The number of aryl methyl sites for hydroxylation is 2. The molecule has 0 radical (unpaired) electrons. The molecule has 5 aromatic rings. The highest BCUT2D eigenvalue weighted by molar-refractivity contribution is 6.08. The molecule has 0 atom stereocenters. The third-order valence-corrected chi connectivity index (χ3v) is 6.55. The monoisotopic (exact) mass is 469 g/mol. The Kier molecular flexibility index (Phi) is 4.21. The molecule has 0 saturated carbocycles. The minimum Gasteiger partial charge on any atom is -0.437 e. The van der Waals surface area contributed by atoms with Crippen LogP contribution in [0.4, 0.5) is 0 Å². The van der Waals surface area contributed by atoms with Crippen molar-refractivity contribution < 1.29 is 17.2 Å². The van der Waals surface area contributed by atoms with Gasteiger partial charge in [0.2, 0.25) is 11.4 Å². The van der Waals surface area contributed by atoms with Gasteiger partial charge >= 0.3 is 0 Å². The lowest BCUT2D eigenvalue weighted by molar-refractivity contribution is -0.659. The number of pyridine rings is 2. The lowest BCUT2D eigenvalue weighted by atomic mass is 9.91. The standard InChI is InChI=1S/C32H35N2O/c1-20(2)18-22-9-11-23(12-10-22)24-13-16-27(34(7)19-24)29-21(3)8-14-25-26-15-17-28(32(4,5)6)33-31(26)35-30(25)29/h8-17,19-20H,18H2,1-7H3/q+1/i4D3,5D3. The van der Waals surface area contributed by atoms with Crippen molar-refractivity contribution in [3.05, 3.63) is 83.7 Å². The third-order valence-electron chi connectivity index (χ3n) is 6.55. The molecule has 0 spiro atoms. The van der Waals surface area contributed by atoms with Crippen LogP contribution in [0.1, 0.15) is 59.5 Å². The predicted octanol–water partition coefficient (Wildman–Crippen LogP) is 7.94. The van der Waals surface area contributed by atoms with Crippen LogP contribution in [0.25, 0.3) is 44.5 Å². The molecule has 0 aliphatic rings. The van der Waals surface area contributed by atoms with Gasteiger partial charge in [-0.2, -0.15) is 0 Å². The van der Waals surface area contributed by atoms with E-state index in [1.165, 1.54) is 18.6 Å². The van der Waals surface area contributed by atoms with E-state index in [2.05, 4.69) is 66.0 Å². The number of hydrogen-bond acceptors (Lipinski definition) is 2. The molecule has 0 bridgehead atoms. The lowest BCUT2D eigenvalue weighted by Crippen LogP contribution is -2.31. The Bertz CT molecular complexity index is 1730. The van der Waals surface area contributed by atoms with Crippen molar-refractivity contribution in [1.29, 1.82) is 0 Å². The van der Waals surface area contributed by atoms with E-state index in [1.54, 1.807) is 6.07 Å². The van der Waals surface area contributed by atoms with E-state index in [-0.39, 0.29) is 11.4 Å². The SMILES string of the molecule is [2H]C([2H])([2H])C(C)(c1ccc2c(n1)oc1c(-c3ccc(-c4ccc(CC(C)C)cc4)c[n+]3C)c(C)ccc12)C([2H])([2H])[2H]. The van der Waals surface area contributed by atoms with Crippen molar-refractivity contribution >= 4 is 22.1 Å². The smallest absolute Gasteiger partial charge is 0.227 e. The van der Waals surface area contributed by atoms with E-state index in [4.69, 9.17) is 12.6 Å². The molecule has 3 aromatic heterocycles. The third kappa shape index (κ3) is 4.36. The van der Waals surface area contributed by atoms with E-state index < -0.39 is 19.1 Å². The van der Waals surface area contributed by atoms with Crippen LogP contribution in [0.2, 0.25) is 0 Å². The molecule has 178 valence electrons. The van der Waals surface area contributed by atoms with Gasteiger partial charge in [0.1, 0.15) is 7.05 Å². The average molecular weight is 470 g/mol. The summed E-state index contributed by atoms with van der Waals surface area (Å²) in [5.41, 5.74) is 5.06. The number of rotatable bonds is 4. The minimum absolute atomic E-state index is 0.0448. The van der Waals surface area contributed by atoms with E-state index in [1.807, 2.05) is 26.1 Å². The van der Waals surface area contributed by atoms with Gasteiger partial charge in [0, 0.05) is 41.7 Å². The summed E-state index contributed by atoms with van der Waals surface area (Å²) in [4.78, 5) is 4.49. The molecular formula is C32H35N2O+. The largest absolute Gasteiger partial charge is 0.437 e. The summed E-state index contributed by atoms with van der Waals surface area (Å²) in [6, 6.07) is 20.1. The summed E-state index contributed by atoms with van der Waals surface area (Å²) < 4.78 is 56.4. The predicted molar refractivity (Wildman–Crippen MR) is 146 cm³/mol. The van der Waals surface area contributed by atoms with Crippen molar-refractivity contribution in [3.8, 4) is 22.4 Å². The van der Waals surface area contributed by atoms with E-state index >= 15 is 0 Å². The summed E-state index contributed by atoms with van der Waals surface area (Å²) in [5, 5.41) is 1.53. The van der Waals surface area contributed by atoms with Gasteiger partial charge in [0.15, 0.2) is 11.8 Å². The van der Waals surface area contributed by atoms with E-state index in [9.17, 15) is 0 Å². The molecule has 0 fully saturated rings. The fourth-order valence-corrected chi connectivity index (χ4v) is 4.76. The Morgan fingerprint density at radius 2 is 1.66 bits per heavy atom. The maximum atomic E-state index is 8.01. The van der Waals surface area contributed by atoms with Crippen molar-refractivity contribution in [2.24, 2.45) is 13.0 Å². The molecule has 0 N–H and O–H groups in total. The lowest BCUT2D eigenvalue weighted by Gasteiger charge is -2.16. The Balaban J connectivity index is 1.62. The Hall–Kier alpha value is -3.46. The summed E-state index contributed by atoms with van der Waals surface area (Å²) in [7, 11) is 2.00. The van der Waals surface area contributed by atoms with Gasteiger partial charge in [-0.1, -0.05) is 70.9 Å². The highest BCUT2D eigenvalue weighted by atomic mass is 16.3. The molecule has 3 nitrogen and oxygen atoms in total. The van der Waals surface area contributed by atoms with Crippen LogP contribution < -0.4 is 4.57 Å². The first-order valence-electron chi connectivity index (χ1n) is 15.0. The molecular weight excluding hydrogens is 428 g/mol. The topological polar surface area (TPSA) is 29.9 Å². The number of aromatic nitrogens is 2. The number of furan rings is 1. The van der Waals surface area contributed by atoms with Crippen LogP contribution in [-0.2, 0) is 18.9 Å².